The van der Waals surface area contributed by atoms with E-state index in [2.05, 4.69) is 10.1 Å². The normalized spacial score (nSPS) is 23.7. The van der Waals surface area contributed by atoms with E-state index in [1.54, 1.807) is 20.8 Å². The van der Waals surface area contributed by atoms with Crippen molar-refractivity contribution in [3.63, 3.8) is 0 Å². The Balaban J connectivity index is 2.15. The standard InChI is InChI=1S/C12H16N4O5S/c1-12(2,3)21-5(17)4-16-10-7(6(15-16)8(13)18)14-9(22-10)11(19)20/h7,10H,4H2,1-3H3,(H2,13,18)(H,19,20). The summed E-state index contributed by atoms with van der Waals surface area (Å²) in [6, 6.07) is -0.781. The van der Waals surface area contributed by atoms with E-state index in [1.807, 2.05) is 0 Å². The molecule has 1 amide bonds. The number of aliphatic carboxylic acids is 1. The number of carbonyl (C=O) groups excluding carboxylic acids is 2. The minimum absolute atomic E-state index is 0.0580. The quantitative estimate of drug-likeness (QED) is 0.658. The van der Waals surface area contributed by atoms with Crippen LogP contribution in [0.3, 0.4) is 0 Å². The maximum absolute atomic E-state index is 11.9. The Morgan fingerprint density at radius 1 is 1.41 bits per heavy atom. The van der Waals surface area contributed by atoms with Gasteiger partial charge >= 0.3 is 11.9 Å². The zero-order chi connectivity index (χ0) is 16.7. The summed E-state index contributed by atoms with van der Waals surface area (Å²) in [6.45, 7) is 4.97. The van der Waals surface area contributed by atoms with Crippen molar-refractivity contribution in [3.8, 4) is 0 Å². The van der Waals surface area contributed by atoms with Crippen LogP contribution in [0.5, 0.6) is 0 Å². The number of carbonyl (C=O) groups is 3. The third-order valence-electron chi connectivity index (χ3n) is 2.72. The van der Waals surface area contributed by atoms with Gasteiger partial charge in [0.1, 0.15) is 23.6 Å². The Kier molecular flexibility index (Phi) is 4.14. The first kappa shape index (κ1) is 16.3. The number of amides is 1. The lowest BCUT2D eigenvalue weighted by Gasteiger charge is -2.24. The molecule has 0 aliphatic carbocycles. The molecule has 2 aliphatic heterocycles. The fourth-order valence-electron chi connectivity index (χ4n) is 2.01. The Bertz CT molecular complexity index is 595. The monoisotopic (exact) mass is 328 g/mol. The van der Waals surface area contributed by atoms with Crippen LogP contribution in [0.25, 0.3) is 0 Å². The van der Waals surface area contributed by atoms with Crippen LogP contribution in [0, 0.1) is 0 Å². The van der Waals surface area contributed by atoms with Crippen molar-refractivity contribution in [3.05, 3.63) is 0 Å². The lowest BCUT2D eigenvalue weighted by Crippen LogP contribution is -2.38. The molecule has 3 N–H and O–H groups in total. The van der Waals surface area contributed by atoms with E-state index in [0.29, 0.717) is 0 Å². The number of esters is 1. The first-order valence-electron chi connectivity index (χ1n) is 6.43. The summed E-state index contributed by atoms with van der Waals surface area (Å²) in [6.07, 6.45) is 0. The molecule has 0 aromatic rings. The molecule has 0 radical (unpaired) electrons. The van der Waals surface area contributed by atoms with Gasteiger partial charge in [-0.05, 0) is 20.8 Å². The summed E-state index contributed by atoms with van der Waals surface area (Å²) in [5.41, 5.74) is 4.52. The number of hydrazone groups is 1. The molecule has 0 saturated carbocycles. The van der Waals surface area contributed by atoms with Crippen LogP contribution >= 0.6 is 11.8 Å². The summed E-state index contributed by atoms with van der Waals surface area (Å²) in [4.78, 5) is 38.2. The number of aliphatic imine (C=N–C) groups is 1. The zero-order valence-corrected chi connectivity index (χ0v) is 13.1. The van der Waals surface area contributed by atoms with E-state index in [-0.39, 0.29) is 17.3 Å². The highest BCUT2D eigenvalue weighted by atomic mass is 32.2. The molecule has 10 heteroatoms. The van der Waals surface area contributed by atoms with Crippen LogP contribution in [-0.4, -0.2) is 62.3 Å². The predicted octanol–water partition coefficient (Wildman–Crippen LogP) is -0.590. The zero-order valence-electron chi connectivity index (χ0n) is 12.3. The molecular formula is C12H16N4O5S. The number of rotatable bonds is 4. The number of primary amides is 1. The van der Waals surface area contributed by atoms with Crippen molar-refractivity contribution < 1.29 is 24.2 Å². The SMILES string of the molecule is CC(C)(C)OC(=O)CN1N=C(C(N)=O)C2N=C(C(=O)O)SC21. The Morgan fingerprint density at radius 2 is 2.05 bits per heavy atom. The molecule has 0 saturated heterocycles. The van der Waals surface area contributed by atoms with Gasteiger partial charge in [0.15, 0.2) is 10.8 Å². The van der Waals surface area contributed by atoms with Crippen molar-refractivity contribution in [1.82, 2.24) is 5.01 Å². The number of carboxylic acid groups (broad SMARTS) is 1. The lowest BCUT2D eigenvalue weighted by molar-refractivity contribution is -0.156. The molecule has 9 nitrogen and oxygen atoms in total. The maximum Gasteiger partial charge on any atom is 0.360 e. The number of nitrogens with zero attached hydrogens (tertiary/aromatic N) is 3. The average molecular weight is 328 g/mol. The van der Waals surface area contributed by atoms with Gasteiger partial charge in [0.2, 0.25) is 0 Å². The lowest BCUT2D eigenvalue weighted by atomic mass is 10.2. The van der Waals surface area contributed by atoms with Gasteiger partial charge in [0, 0.05) is 0 Å². The van der Waals surface area contributed by atoms with Crippen molar-refractivity contribution >= 4 is 40.4 Å². The van der Waals surface area contributed by atoms with E-state index in [0.717, 1.165) is 11.8 Å². The summed E-state index contributed by atoms with van der Waals surface area (Å²) >= 11 is 0.925. The van der Waals surface area contributed by atoms with Gasteiger partial charge in [-0.15, -0.1) is 0 Å². The van der Waals surface area contributed by atoms with Gasteiger partial charge in [0.05, 0.1) is 0 Å². The number of nitrogens with two attached hydrogens (primary N) is 1. The molecule has 2 rings (SSSR count). The number of hydrogen-bond donors (Lipinski definition) is 2. The summed E-state index contributed by atoms with van der Waals surface area (Å²) in [5, 5.41) is 13.6. The third-order valence-corrected chi connectivity index (χ3v) is 3.96. The van der Waals surface area contributed by atoms with Crippen molar-refractivity contribution in [2.45, 2.75) is 37.8 Å². The number of ether oxygens (including phenoxy) is 1. The van der Waals surface area contributed by atoms with Crippen molar-refractivity contribution in [2.24, 2.45) is 15.8 Å². The summed E-state index contributed by atoms with van der Waals surface area (Å²) in [5.74, 6) is -2.52. The van der Waals surface area contributed by atoms with Crippen LogP contribution in [-0.2, 0) is 19.1 Å². The van der Waals surface area contributed by atoms with Gasteiger partial charge in [-0.2, -0.15) is 5.10 Å². The highest BCUT2D eigenvalue weighted by molar-refractivity contribution is 8.16. The molecule has 120 valence electrons. The number of hydrogen-bond acceptors (Lipinski definition) is 8. The highest BCUT2D eigenvalue weighted by Crippen LogP contribution is 2.35. The second kappa shape index (κ2) is 5.59. The van der Waals surface area contributed by atoms with E-state index >= 15 is 0 Å². The van der Waals surface area contributed by atoms with Crippen molar-refractivity contribution in [2.75, 3.05) is 6.54 Å². The Labute approximate surface area is 130 Å². The third kappa shape index (κ3) is 3.38. The van der Waals surface area contributed by atoms with Gasteiger partial charge in [-0.3, -0.25) is 19.6 Å². The molecular weight excluding hydrogens is 312 g/mol. The Hall–Kier alpha value is -2.10. The average Bonchev–Trinajstić information content (AvgIpc) is 2.86. The molecule has 2 atom stereocenters. The minimum Gasteiger partial charge on any atom is -0.476 e. The molecule has 2 heterocycles. The molecule has 0 spiro atoms. The van der Waals surface area contributed by atoms with Crippen LogP contribution in [0.2, 0.25) is 0 Å². The van der Waals surface area contributed by atoms with E-state index in [1.165, 1.54) is 5.01 Å². The number of thioether (sulfide) groups is 1. The molecule has 2 aliphatic rings. The first-order chi connectivity index (χ1) is 10.1. The molecule has 0 aromatic carbocycles. The second-order valence-electron chi connectivity index (χ2n) is 5.73. The first-order valence-corrected chi connectivity index (χ1v) is 7.31. The fraction of sp³-hybridized carbons (Fsp3) is 0.583. The van der Waals surface area contributed by atoms with Gasteiger partial charge in [0.25, 0.3) is 5.91 Å². The maximum atomic E-state index is 11.9. The smallest absolute Gasteiger partial charge is 0.360 e. The molecule has 22 heavy (non-hydrogen) atoms. The Morgan fingerprint density at radius 3 is 2.55 bits per heavy atom. The van der Waals surface area contributed by atoms with Crippen LogP contribution < -0.4 is 5.73 Å². The highest BCUT2D eigenvalue weighted by Gasteiger charge is 2.47. The summed E-state index contributed by atoms with van der Waals surface area (Å²) in [7, 11) is 0. The minimum atomic E-state index is -1.19. The van der Waals surface area contributed by atoms with Crippen LogP contribution in [0.15, 0.2) is 10.1 Å². The number of fused-ring (bicyclic) bond motifs is 1. The van der Waals surface area contributed by atoms with Crippen LogP contribution in [0.4, 0.5) is 0 Å². The summed E-state index contributed by atoms with van der Waals surface area (Å²) < 4.78 is 5.19. The van der Waals surface area contributed by atoms with E-state index in [4.69, 9.17) is 15.6 Å². The molecule has 2 unspecified atom stereocenters. The van der Waals surface area contributed by atoms with E-state index < -0.39 is 34.9 Å². The fourth-order valence-corrected chi connectivity index (χ4v) is 3.07. The topological polar surface area (TPSA) is 135 Å². The largest absolute Gasteiger partial charge is 0.476 e. The van der Waals surface area contributed by atoms with E-state index in [9.17, 15) is 14.4 Å². The number of carboxylic acids is 1. The molecule has 0 aromatic heterocycles. The predicted molar refractivity (Wildman–Crippen MR) is 79.4 cm³/mol. The van der Waals surface area contributed by atoms with Gasteiger partial charge < -0.3 is 15.6 Å². The molecule has 0 fully saturated rings. The second-order valence-corrected chi connectivity index (χ2v) is 6.83. The van der Waals surface area contributed by atoms with Gasteiger partial charge in [-0.1, -0.05) is 11.8 Å². The van der Waals surface area contributed by atoms with Crippen LogP contribution in [0.1, 0.15) is 20.8 Å². The molecule has 0 bridgehead atoms. The van der Waals surface area contributed by atoms with Crippen molar-refractivity contribution in [1.29, 1.82) is 0 Å². The van der Waals surface area contributed by atoms with Gasteiger partial charge in [-0.25, -0.2) is 4.79 Å².